The fourth-order valence-corrected chi connectivity index (χ4v) is 2.19. The Balaban J connectivity index is 2.01. The molecule has 0 spiro atoms. The first kappa shape index (κ1) is 15.1. The Hall–Kier alpha value is -2.29. The second kappa shape index (κ2) is 6.93. The fourth-order valence-electron chi connectivity index (χ4n) is 2.19. The van der Waals surface area contributed by atoms with Gasteiger partial charge < -0.3 is 9.64 Å². The monoisotopic (exact) mass is 283 g/mol. The number of hydrogen-bond acceptors (Lipinski definition) is 2. The molecular formula is C18H21NO2. The van der Waals surface area contributed by atoms with Gasteiger partial charge in [-0.25, -0.2) is 0 Å². The Morgan fingerprint density at radius 2 is 1.48 bits per heavy atom. The van der Waals surface area contributed by atoms with Crippen molar-refractivity contribution in [1.29, 1.82) is 0 Å². The van der Waals surface area contributed by atoms with Gasteiger partial charge in [0.2, 0.25) is 0 Å². The van der Waals surface area contributed by atoms with Crippen LogP contribution in [0, 0.1) is 0 Å². The summed E-state index contributed by atoms with van der Waals surface area (Å²) >= 11 is 0. The maximum Gasteiger partial charge on any atom is 0.263 e. The minimum atomic E-state index is -0.511. The maximum absolute atomic E-state index is 12.5. The van der Waals surface area contributed by atoms with E-state index in [-0.39, 0.29) is 11.9 Å². The lowest BCUT2D eigenvalue weighted by molar-refractivity contribution is -0.138. The summed E-state index contributed by atoms with van der Waals surface area (Å²) < 4.78 is 5.69. The van der Waals surface area contributed by atoms with Gasteiger partial charge >= 0.3 is 0 Å². The van der Waals surface area contributed by atoms with Crippen molar-refractivity contribution in [2.45, 2.75) is 26.0 Å². The van der Waals surface area contributed by atoms with E-state index in [2.05, 4.69) is 0 Å². The number of amides is 1. The number of rotatable bonds is 5. The zero-order valence-electron chi connectivity index (χ0n) is 12.7. The van der Waals surface area contributed by atoms with Gasteiger partial charge in [0.15, 0.2) is 6.10 Å². The molecule has 0 heterocycles. The van der Waals surface area contributed by atoms with E-state index in [0.29, 0.717) is 5.75 Å². The molecule has 2 aromatic rings. The van der Waals surface area contributed by atoms with Crippen molar-refractivity contribution < 1.29 is 9.53 Å². The highest BCUT2D eigenvalue weighted by atomic mass is 16.5. The van der Waals surface area contributed by atoms with E-state index in [0.717, 1.165) is 5.56 Å². The Bertz CT molecular complexity index is 568. The number of nitrogens with zero attached hydrogens (tertiary/aromatic N) is 1. The quantitative estimate of drug-likeness (QED) is 0.838. The third-order valence-corrected chi connectivity index (χ3v) is 3.61. The molecule has 0 aliphatic carbocycles. The zero-order chi connectivity index (χ0) is 15.2. The van der Waals surface area contributed by atoms with Crippen LogP contribution >= 0.6 is 0 Å². The van der Waals surface area contributed by atoms with Gasteiger partial charge in [0.1, 0.15) is 5.75 Å². The molecule has 2 rings (SSSR count). The van der Waals surface area contributed by atoms with Crippen molar-refractivity contribution in [3.05, 3.63) is 66.2 Å². The number of carbonyl (C=O) groups is 1. The average molecular weight is 283 g/mol. The van der Waals surface area contributed by atoms with Crippen LogP contribution < -0.4 is 4.74 Å². The Morgan fingerprint density at radius 3 is 2.05 bits per heavy atom. The number of hydrogen-bond donors (Lipinski definition) is 0. The average Bonchev–Trinajstić information content (AvgIpc) is 2.54. The number of benzene rings is 2. The molecule has 1 amide bonds. The van der Waals surface area contributed by atoms with Gasteiger partial charge in [0.05, 0.1) is 6.04 Å². The van der Waals surface area contributed by atoms with Crippen molar-refractivity contribution in [2.24, 2.45) is 0 Å². The van der Waals surface area contributed by atoms with Gasteiger partial charge in [-0.2, -0.15) is 0 Å². The van der Waals surface area contributed by atoms with E-state index < -0.39 is 6.10 Å². The standard InChI is InChI=1S/C18H21NO2/c1-14(16-10-6-4-7-11-16)19(3)18(20)15(2)21-17-12-8-5-9-13-17/h4-15H,1-3H3. The SMILES string of the molecule is CC(Oc1ccccc1)C(=O)N(C)C(C)c1ccccc1. The third kappa shape index (κ3) is 3.85. The van der Waals surface area contributed by atoms with Gasteiger partial charge in [-0.3, -0.25) is 4.79 Å². The summed E-state index contributed by atoms with van der Waals surface area (Å²) in [6.45, 7) is 3.80. The first-order valence-electron chi connectivity index (χ1n) is 7.13. The molecule has 2 unspecified atom stereocenters. The van der Waals surface area contributed by atoms with Crippen LogP contribution in [-0.2, 0) is 4.79 Å². The van der Waals surface area contributed by atoms with Crippen LogP contribution in [0.2, 0.25) is 0 Å². The Morgan fingerprint density at radius 1 is 0.952 bits per heavy atom. The molecule has 0 radical (unpaired) electrons. The van der Waals surface area contributed by atoms with E-state index in [1.54, 1.807) is 11.8 Å². The molecule has 0 aliphatic rings. The van der Waals surface area contributed by atoms with Crippen LogP contribution in [-0.4, -0.2) is 24.0 Å². The molecule has 2 atom stereocenters. The summed E-state index contributed by atoms with van der Waals surface area (Å²) in [5, 5.41) is 0. The Kier molecular flexibility index (Phi) is 4.99. The van der Waals surface area contributed by atoms with Crippen LogP contribution in [0.4, 0.5) is 0 Å². The predicted octanol–water partition coefficient (Wildman–Crippen LogP) is 3.67. The summed E-state index contributed by atoms with van der Waals surface area (Å²) in [5.41, 5.74) is 1.11. The van der Waals surface area contributed by atoms with E-state index in [9.17, 15) is 4.79 Å². The van der Waals surface area contributed by atoms with Crippen LogP contribution in [0.1, 0.15) is 25.5 Å². The molecule has 2 aromatic carbocycles. The molecule has 0 N–H and O–H groups in total. The Labute approximate surface area is 126 Å². The van der Waals surface area contributed by atoms with E-state index in [4.69, 9.17) is 4.74 Å². The van der Waals surface area contributed by atoms with Crippen molar-refractivity contribution in [1.82, 2.24) is 4.90 Å². The molecule has 0 bridgehead atoms. The van der Waals surface area contributed by atoms with E-state index in [1.165, 1.54) is 0 Å². The maximum atomic E-state index is 12.5. The van der Waals surface area contributed by atoms with Gasteiger partial charge in [-0.15, -0.1) is 0 Å². The third-order valence-electron chi connectivity index (χ3n) is 3.61. The van der Waals surface area contributed by atoms with Gasteiger partial charge in [-0.1, -0.05) is 48.5 Å². The molecule has 0 aliphatic heterocycles. The fraction of sp³-hybridized carbons (Fsp3) is 0.278. The highest BCUT2D eigenvalue weighted by molar-refractivity contribution is 5.81. The summed E-state index contributed by atoms with van der Waals surface area (Å²) in [6, 6.07) is 19.4. The largest absolute Gasteiger partial charge is 0.481 e. The topological polar surface area (TPSA) is 29.5 Å². The second-order valence-corrected chi connectivity index (χ2v) is 5.11. The van der Waals surface area contributed by atoms with Crippen molar-refractivity contribution in [3.8, 4) is 5.75 Å². The minimum absolute atomic E-state index is 0.0144. The number of para-hydroxylation sites is 1. The molecule has 3 nitrogen and oxygen atoms in total. The van der Waals surface area contributed by atoms with Crippen LogP contribution in [0.25, 0.3) is 0 Å². The summed E-state index contributed by atoms with van der Waals surface area (Å²) in [7, 11) is 1.81. The molecule has 0 aromatic heterocycles. The lowest BCUT2D eigenvalue weighted by atomic mass is 10.1. The molecule has 110 valence electrons. The lowest BCUT2D eigenvalue weighted by Gasteiger charge is -2.28. The summed E-state index contributed by atoms with van der Waals surface area (Å²) in [6.07, 6.45) is -0.511. The van der Waals surface area contributed by atoms with E-state index in [1.807, 2.05) is 74.6 Å². The lowest BCUT2D eigenvalue weighted by Crippen LogP contribution is -2.39. The predicted molar refractivity (Wildman–Crippen MR) is 84.2 cm³/mol. The highest BCUT2D eigenvalue weighted by Gasteiger charge is 2.23. The molecule has 0 fully saturated rings. The van der Waals surface area contributed by atoms with Crippen LogP contribution in [0.3, 0.4) is 0 Å². The molecular weight excluding hydrogens is 262 g/mol. The first-order chi connectivity index (χ1) is 10.1. The van der Waals surface area contributed by atoms with Crippen molar-refractivity contribution in [3.63, 3.8) is 0 Å². The van der Waals surface area contributed by atoms with Crippen LogP contribution in [0.5, 0.6) is 5.75 Å². The smallest absolute Gasteiger partial charge is 0.263 e. The van der Waals surface area contributed by atoms with Crippen molar-refractivity contribution in [2.75, 3.05) is 7.05 Å². The normalized spacial score (nSPS) is 13.3. The number of likely N-dealkylation sites (N-methyl/N-ethyl adjacent to an activating group) is 1. The van der Waals surface area contributed by atoms with E-state index >= 15 is 0 Å². The second-order valence-electron chi connectivity index (χ2n) is 5.11. The van der Waals surface area contributed by atoms with Gasteiger partial charge in [-0.05, 0) is 31.5 Å². The highest BCUT2D eigenvalue weighted by Crippen LogP contribution is 2.20. The van der Waals surface area contributed by atoms with Gasteiger partial charge in [0.25, 0.3) is 5.91 Å². The van der Waals surface area contributed by atoms with Crippen LogP contribution in [0.15, 0.2) is 60.7 Å². The van der Waals surface area contributed by atoms with Crippen molar-refractivity contribution >= 4 is 5.91 Å². The minimum Gasteiger partial charge on any atom is -0.481 e. The number of carbonyl (C=O) groups excluding carboxylic acids is 1. The molecule has 0 saturated carbocycles. The molecule has 21 heavy (non-hydrogen) atoms. The molecule has 3 heteroatoms. The summed E-state index contributed by atoms with van der Waals surface area (Å²) in [5.74, 6) is 0.675. The zero-order valence-corrected chi connectivity index (χ0v) is 12.7. The first-order valence-corrected chi connectivity index (χ1v) is 7.13. The molecule has 0 saturated heterocycles. The summed E-state index contributed by atoms with van der Waals surface area (Å²) in [4.78, 5) is 14.2. The number of ether oxygens (including phenoxy) is 1. The van der Waals surface area contributed by atoms with Gasteiger partial charge in [0, 0.05) is 7.05 Å².